The number of benzene rings is 5. The van der Waals surface area contributed by atoms with Crippen molar-refractivity contribution in [2.75, 3.05) is 0 Å². The van der Waals surface area contributed by atoms with Crippen LogP contribution in [0, 0.1) is 24.7 Å². The highest BCUT2D eigenvalue weighted by Gasteiger charge is 2.05. The molecule has 0 saturated carbocycles. The molecule has 34 heavy (non-hydrogen) atoms. The summed E-state index contributed by atoms with van der Waals surface area (Å²) in [5, 5.41) is 0. The third kappa shape index (κ3) is 4.40. The minimum atomic E-state index is 0.893. The van der Waals surface area contributed by atoms with Crippen molar-refractivity contribution in [1.29, 1.82) is 0 Å². The first-order chi connectivity index (χ1) is 16.7. The van der Waals surface area contributed by atoms with Crippen molar-refractivity contribution in [2.24, 2.45) is 0 Å². The summed E-state index contributed by atoms with van der Waals surface area (Å²) in [5.41, 5.74) is 11.1. The molecule has 0 spiro atoms. The lowest BCUT2D eigenvalue weighted by Crippen LogP contribution is -1.84. The maximum atomic E-state index is 5.55. The molecule has 0 radical (unpaired) electrons. The molecule has 0 N–H and O–H groups in total. The quantitative estimate of drug-likeness (QED) is 0.251. The van der Waals surface area contributed by atoms with E-state index in [2.05, 4.69) is 96.8 Å². The fourth-order valence-corrected chi connectivity index (χ4v) is 4.17. The number of hydrogen-bond donors (Lipinski definition) is 0. The molecular formula is C34H22. The summed E-state index contributed by atoms with van der Waals surface area (Å²) in [7, 11) is 0. The van der Waals surface area contributed by atoms with Crippen LogP contribution < -0.4 is 0 Å². The molecule has 0 atom stereocenters. The third-order valence-corrected chi connectivity index (χ3v) is 6.02. The van der Waals surface area contributed by atoms with Crippen LogP contribution in [0.4, 0.5) is 0 Å². The Balaban J connectivity index is 1.40. The highest BCUT2D eigenvalue weighted by Crippen LogP contribution is 2.30. The van der Waals surface area contributed by atoms with Crippen molar-refractivity contribution in [3.63, 3.8) is 0 Å². The Labute approximate surface area is 201 Å². The molecule has 0 nitrogen and oxygen atoms in total. The average molecular weight is 431 g/mol. The summed E-state index contributed by atoms with van der Waals surface area (Å²) in [4.78, 5) is 0. The lowest BCUT2D eigenvalue weighted by molar-refractivity contribution is 1.56. The molecule has 0 bridgehead atoms. The Morgan fingerprint density at radius 1 is 0.324 bits per heavy atom. The van der Waals surface area contributed by atoms with E-state index >= 15 is 0 Å². The van der Waals surface area contributed by atoms with E-state index in [9.17, 15) is 0 Å². The van der Waals surface area contributed by atoms with Gasteiger partial charge in [0, 0.05) is 11.1 Å². The van der Waals surface area contributed by atoms with Gasteiger partial charge in [-0.15, -0.1) is 12.8 Å². The second-order valence-corrected chi connectivity index (χ2v) is 8.19. The third-order valence-electron chi connectivity index (χ3n) is 6.02. The molecule has 0 heterocycles. The summed E-state index contributed by atoms with van der Waals surface area (Å²) in [6.07, 6.45) is 11.1. The van der Waals surface area contributed by atoms with Crippen molar-refractivity contribution in [2.45, 2.75) is 0 Å². The molecule has 0 aliphatic carbocycles. The molecule has 0 aliphatic heterocycles. The van der Waals surface area contributed by atoms with Crippen LogP contribution in [0.15, 0.2) is 121 Å². The lowest BCUT2D eigenvalue weighted by atomic mass is 9.95. The second-order valence-electron chi connectivity index (χ2n) is 8.19. The molecule has 5 rings (SSSR count). The van der Waals surface area contributed by atoms with E-state index in [0.29, 0.717) is 0 Å². The van der Waals surface area contributed by atoms with Crippen LogP contribution in [0.25, 0.3) is 44.5 Å². The Morgan fingerprint density at radius 2 is 0.618 bits per heavy atom. The summed E-state index contributed by atoms with van der Waals surface area (Å²) in [5.74, 6) is 5.41. The van der Waals surface area contributed by atoms with Gasteiger partial charge in [-0.2, -0.15) is 0 Å². The molecule has 0 saturated heterocycles. The molecule has 0 heteroatoms. The van der Waals surface area contributed by atoms with Crippen LogP contribution in [0.2, 0.25) is 0 Å². The van der Waals surface area contributed by atoms with Crippen LogP contribution in [-0.2, 0) is 0 Å². The van der Waals surface area contributed by atoms with Crippen LogP contribution >= 0.6 is 0 Å². The maximum Gasteiger partial charge on any atom is 0.0248 e. The van der Waals surface area contributed by atoms with Gasteiger partial charge in [0.1, 0.15) is 0 Å². The van der Waals surface area contributed by atoms with Gasteiger partial charge in [-0.05, 0) is 74.8 Å². The summed E-state index contributed by atoms with van der Waals surface area (Å²) < 4.78 is 0. The fraction of sp³-hybridized carbons (Fsp3) is 0. The van der Waals surface area contributed by atoms with Gasteiger partial charge < -0.3 is 0 Å². The van der Waals surface area contributed by atoms with E-state index in [0.717, 1.165) is 33.4 Å². The SMILES string of the molecule is C#Cc1cccc(-c2ccc(-c3cccc(-c4ccc(-c5cccc(C#C)c5)cc4)c3)cc2)c1. The number of hydrogen-bond acceptors (Lipinski definition) is 0. The Morgan fingerprint density at radius 3 is 0.941 bits per heavy atom. The van der Waals surface area contributed by atoms with Crippen molar-refractivity contribution in [3.05, 3.63) is 132 Å². The Bertz CT molecular complexity index is 1420. The molecule has 0 aromatic heterocycles. The van der Waals surface area contributed by atoms with Crippen LogP contribution in [0.1, 0.15) is 11.1 Å². The molecular weight excluding hydrogens is 408 g/mol. The van der Waals surface area contributed by atoms with E-state index < -0.39 is 0 Å². The van der Waals surface area contributed by atoms with E-state index in [1.54, 1.807) is 0 Å². The Kier molecular flexibility index (Phi) is 5.82. The highest BCUT2D eigenvalue weighted by atomic mass is 14.1. The molecule has 5 aromatic carbocycles. The highest BCUT2D eigenvalue weighted by molar-refractivity contribution is 5.77. The van der Waals surface area contributed by atoms with Gasteiger partial charge in [0.25, 0.3) is 0 Å². The van der Waals surface area contributed by atoms with E-state index in [-0.39, 0.29) is 0 Å². The summed E-state index contributed by atoms with van der Waals surface area (Å²) in [6.45, 7) is 0. The fourth-order valence-electron chi connectivity index (χ4n) is 4.17. The normalized spacial score (nSPS) is 10.3. The summed E-state index contributed by atoms with van der Waals surface area (Å²) in [6, 6.07) is 42.1. The van der Waals surface area contributed by atoms with Crippen LogP contribution in [-0.4, -0.2) is 0 Å². The first kappa shape index (κ1) is 21.1. The largest absolute Gasteiger partial charge is 0.115 e. The van der Waals surface area contributed by atoms with E-state index in [1.807, 2.05) is 36.4 Å². The van der Waals surface area contributed by atoms with Crippen LogP contribution in [0.5, 0.6) is 0 Å². The molecule has 158 valence electrons. The zero-order valence-electron chi connectivity index (χ0n) is 18.7. The standard InChI is InChI=1S/C34H22/c1-3-25-8-5-10-31(22-25)27-14-18-29(19-15-27)33-12-7-13-34(24-33)30-20-16-28(17-21-30)32-11-6-9-26(4-2)23-32/h1-2,5-24H. The molecule has 0 unspecified atom stereocenters. The lowest BCUT2D eigenvalue weighted by Gasteiger charge is -2.09. The van der Waals surface area contributed by atoms with Gasteiger partial charge >= 0.3 is 0 Å². The van der Waals surface area contributed by atoms with E-state index in [4.69, 9.17) is 12.8 Å². The monoisotopic (exact) mass is 430 g/mol. The predicted molar refractivity (Wildman–Crippen MR) is 144 cm³/mol. The van der Waals surface area contributed by atoms with Gasteiger partial charge in [-0.1, -0.05) is 103 Å². The van der Waals surface area contributed by atoms with Crippen molar-refractivity contribution >= 4 is 0 Å². The minimum Gasteiger partial charge on any atom is -0.115 e. The van der Waals surface area contributed by atoms with Gasteiger partial charge in [0.15, 0.2) is 0 Å². The smallest absolute Gasteiger partial charge is 0.0248 e. The first-order valence-electron chi connectivity index (χ1n) is 11.2. The topological polar surface area (TPSA) is 0 Å². The second kappa shape index (κ2) is 9.38. The minimum absolute atomic E-state index is 0.893. The molecule has 0 amide bonds. The number of terminal acetylenes is 2. The molecule has 0 fully saturated rings. The van der Waals surface area contributed by atoms with Gasteiger partial charge in [-0.25, -0.2) is 0 Å². The molecule has 5 aromatic rings. The summed E-state index contributed by atoms with van der Waals surface area (Å²) >= 11 is 0. The van der Waals surface area contributed by atoms with Crippen molar-refractivity contribution in [3.8, 4) is 69.2 Å². The van der Waals surface area contributed by atoms with Gasteiger partial charge in [0.05, 0.1) is 0 Å². The number of rotatable bonds is 4. The zero-order chi connectivity index (χ0) is 23.3. The predicted octanol–water partition coefficient (Wildman–Crippen LogP) is 8.32. The first-order valence-corrected chi connectivity index (χ1v) is 11.2. The maximum absolute atomic E-state index is 5.55. The van der Waals surface area contributed by atoms with Crippen LogP contribution in [0.3, 0.4) is 0 Å². The zero-order valence-corrected chi connectivity index (χ0v) is 18.7. The van der Waals surface area contributed by atoms with Crippen molar-refractivity contribution < 1.29 is 0 Å². The van der Waals surface area contributed by atoms with Gasteiger partial charge in [0.2, 0.25) is 0 Å². The Hall–Kier alpha value is -4.78. The molecule has 0 aliphatic rings. The van der Waals surface area contributed by atoms with Gasteiger partial charge in [-0.3, -0.25) is 0 Å². The average Bonchev–Trinajstić information content (AvgIpc) is 2.93. The van der Waals surface area contributed by atoms with E-state index in [1.165, 1.54) is 22.3 Å². The van der Waals surface area contributed by atoms with Crippen molar-refractivity contribution in [1.82, 2.24) is 0 Å².